The van der Waals surface area contributed by atoms with Crippen molar-refractivity contribution in [2.75, 3.05) is 14.2 Å². The van der Waals surface area contributed by atoms with Crippen LogP contribution in [0.4, 0.5) is 26.3 Å². The van der Waals surface area contributed by atoms with Gasteiger partial charge in [0, 0.05) is 15.3 Å². The Hall–Kier alpha value is -2.72. The van der Waals surface area contributed by atoms with E-state index in [4.69, 9.17) is 15.2 Å². The van der Waals surface area contributed by atoms with E-state index in [1.807, 2.05) is 0 Å². The SMILES string of the molecule is COc1ccc(-c2cc(C(N)(C(F)(F)F)C(F)(F)F)sc2-c2ccc(OC)cc2)cc1. The van der Waals surface area contributed by atoms with Gasteiger partial charge in [-0.3, -0.25) is 0 Å². The second-order valence-corrected chi connectivity index (χ2v) is 7.67. The van der Waals surface area contributed by atoms with Gasteiger partial charge in [0.15, 0.2) is 0 Å². The number of methoxy groups -OCH3 is 2. The van der Waals surface area contributed by atoms with Crippen molar-refractivity contribution < 1.29 is 35.8 Å². The maximum atomic E-state index is 13.6. The van der Waals surface area contributed by atoms with Crippen LogP contribution in [0, 0.1) is 0 Å². The van der Waals surface area contributed by atoms with Crippen molar-refractivity contribution in [3.63, 3.8) is 0 Å². The van der Waals surface area contributed by atoms with Crippen LogP contribution in [0.5, 0.6) is 11.5 Å². The highest BCUT2D eigenvalue weighted by Crippen LogP contribution is 2.53. The van der Waals surface area contributed by atoms with Crippen LogP contribution in [0.1, 0.15) is 4.88 Å². The third-order valence-corrected chi connectivity index (χ3v) is 6.09. The zero-order valence-corrected chi connectivity index (χ0v) is 17.1. The summed E-state index contributed by atoms with van der Waals surface area (Å²) in [5.74, 6) is 0.981. The van der Waals surface area contributed by atoms with E-state index in [1.54, 1.807) is 48.5 Å². The Morgan fingerprint density at radius 2 is 1.13 bits per heavy atom. The molecule has 31 heavy (non-hydrogen) atoms. The number of ether oxygens (including phenoxy) is 2. The summed E-state index contributed by atoms with van der Waals surface area (Å²) >= 11 is 0.354. The predicted molar refractivity (Wildman–Crippen MR) is 106 cm³/mol. The molecule has 2 aromatic carbocycles. The molecule has 0 saturated carbocycles. The molecule has 0 aliphatic heterocycles. The van der Waals surface area contributed by atoms with Crippen LogP contribution in [0.25, 0.3) is 21.6 Å². The average molecular weight is 461 g/mol. The normalized spacial score (nSPS) is 12.7. The lowest BCUT2D eigenvalue weighted by atomic mass is 9.94. The fourth-order valence-corrected chi connectivity index (χ4v) is 4.30. The molecule has 0 radical (unpaired) electrons. The average Bonchev–Trinajstić information content (AvgIpc) is 3.17. The first-order valence-electron chi connectivity index (χ1n) is 8.78. The van der Waals surface area contributed by atoms with Gasteiger partial charge in [0.25, 0.3) is 0 Å². The van der Waals surface area contributed by atoms with Gasteiger partial charge in [-0.1, -0.05) is 12.1 Å². The van der Waals surface area contributed by atoms with Gasteiger partial charge in [-0.2, -0.15) is 26.3 Å². The van der Waals surface area contributed by atoms with Gasteiger partial charge in [0.1, 0.15) is 11.5 Å². The largest absolute Gasteiger partial charge is 0.497 e. The van der Waals surface area contributed by atoms with Crippen LogP contribution in [-0.2, 0) is 5.54 Å². The summed E-state index contributed by atoms with van der Waals surface area (Å²) in [5, 5.41) is 0. The summed E-state index contributed by atoms with van der Waals surface area (Å²) < 4.78 is 91.5. The molecule has 0 aliphatic carbocycles. The monoisotopic (exact) mass is 461 g/mol. The minimum atomic E-state index is -5.75. The Bertz CT molecular complexity index is 961. The number of alkyl halides is 6. The lowest BCUT2D eigenvalue weighted by Crippen LogP contribution is -2.60. The number of rotatable bonds is 5. The molecule has 0 atom stereocenters. The van der Waals surface area contributed by atoms with Gasteiger partial charge < -0.3 is 15.2 Å². The lowest BCUT2D eigenvalue weighted by molar-refractivity contribution is -0.300. The van der Waals surface area contributed by atoms with Crippen LogP contribution in [0.2, 0.25) is 0 Å². The summed E-state index contributed by atoms with van der Waals surface area (Å²) in [6.07, 6.45) is -11.5. The summed E-state index contributed by atoms with van der Waals surface area (Å²) in [5.41, 5.74) is 1.55. The van der Waals surface area contributed by atoms with Crippen molar-refractivity contribution in [1.82, 2.24) is 0 Å². The zero-order valence-electron chi connectivity index (χ0n) is 16.3. The molecule has 0 spiro atoms. The topological polar surface area (TPSA) is 44.5 Å². The Labute approximate surface area is 178 Å². The second kappa shape index (κ2) is 8.08. The summed E-state index contributed by atoms with van der Waals surface area (Å²) in [4.78, 5) is -0.838. The minimum absolute atomic E-state index is 0.191. The molecule has 0 amide bonds. The van der Waals surface area contributed by atoms with Gasteiger partial charge >= 0.3 is 12.4 Å². The predicted octanol–water partition coefficient (Wildman–Crippen LogP) is 6.38. The molecule has 166 valence electrons. The summed E-state index contributed by atoms with van der Waals surface area (Å²) in [6, 6.07) is 13.3. The molecule has 0 bridgehead atoms. The van der Waals surface area contributed by atoms with Crippen LogP contribution in [0.3, 0.4) is 0 Å². The third kappa shape index (κ3) is 4.09. The van der Waals surface area contributed by atoms with Crippen LogP contribution in [-0.4, -0.2) is 26.6 Å². The van der Waals surface area contributed by atoms with Gasteiger partial charge in [-0.05, 0) is 53.6 Å². The Morgan fingerprint density at radius 1 is 0.710 bits per heavy atom. The van der Waals surface area contributed by atoms with Gasteiger partial charge in [0.05, 0.1) is 14.2 Å². The van der Waals surface area contributed by atoms with Crippen LogP contribution >= 0.6 is 11.3 Å². The fraction of sp³-hybridized carbons (Fsp3) is 0.238. The molecule has 2 N–H and O–H groups in total. The maximum absolute atomic E-state index is 13.6. The first-order chi connectivity index (χ1) is 14.4. The number of halogens is 6. The number of hydrogen-bond acceptors (Lipinski definition) is 4. The first-order valence-corrected chi connectivity index (χ1v) is 9.59. The van der Waals surface area contributed by atoms with Crippen molar-refractivity contribution in [1.29, 1.82) is 0 Å². The molecule has 3 aromatic rings. The zero-order chi connectivity index (χ0) is 23.0. The molecule has 1 heterocycles. The summed E-state index contributed by atoms with van der Waals surface area (Å²) in [7, 11) is 2.88. The Kier molecular flexibility index (Phi) is 5.98. The van der Waals surface area contributed by atoms with Crippen molar-refractivity contribution >= 4 is 11.3 Å². The van der Waals surface area contributed by atoms with Gasteiger partial charge in [0.2, 0.25) is 5.54 Å². The van der Waals surface area contributed by atoms with Crippen molar-refractivity contribution in [3.8, 4) is 33.1 Å². The number of nitrogens with two attached hydrogens (primary N) is 1. The van der Waals surface area contributed by atoms with E-state index in [0.29, 0.717) is 34.0 Å². The first kappa shape index (κ1) is 23.0. The molecule has 10 heteroatoms. The molecule has 1 aromatic heterocycles. The molecule has 0 saturated heterocycles. The van der Waals surface area contributed by atoms with E-state index in [2.05, 4.69) is 0 Å². The molecule has 3 rings (SSSR count). The van der Waals surface area contributed by atoms with Gasteiger partial charge in [-0.15, -0.1) is 11.3 Å². The summed E-state index contributed by atoms with van der Waals surface area (Å²) in [6.45, 7) is 0. The molecule has 0 aliphatic rings. The second-order valence-electron chi connectivity index (χ2n) is 6.61. The molecule has 0 unspecified atom stereocenters. The number of hydrogen-bond donors (Lipinski definition) is 1. The maximum Gasteiger partial charge on any atom is 0.420 e. The van der Waals surface area contributed by atoms with E-state index in [1.165, 1.54) is 14.2 Å². The molecule has 0 fully saturated rings. The molecule has 3 nitrogen and oxygen atoms in total. The number of thiophene rings is 1. The smallest absolute Gasteiger partial charge is 0.420 e. The van der Waals surface area contributed by atoms with E-state index >= 15 is 0 Å². The van der Waals surface area contributed by atoms with Crippen LogP contribution in [0.15, 0.2) is 54.6 Å². The van der Waals surface area contributed by atoms with Gasteiger partial charge in [-0.25, -0.2) is 0 Å². The van der Waals surface area contributed by atoms with Crippen LogP contribution < -0.4 is 15.2 Å². The molecular weight excluding hydrogens is 444 g/mol. The highest BCUT2D eigenvalue weighted by atomic mass is 32.1. The minimum Gasteiger partial charge on any atom is -0.497 e. The van der Waals surface area contributed by atoms with E-state index in [-0.39, 0.29) is 10.4 Å². The fourth-order valence-electron chi connectivity index (χ4n) is 2.97. The van der Waals surface area contributed by atoms with Crippen molar-refractivity contribution in [2.24, 2.45) is 5.73 Å². The van der Waals surface area contributed by atoms with E-state index < -0.39 is 22.8 Å². The highest BCUT2D eigenvalue weighted by Gasteiger charge is 2.70. The standard InChI is InChI=1S/C21H17F6NO2S/c1-29-14-7-3-12(4-8-14)16-11-17(19(28,20(22,23)24)21(25,26)27)31-18(16)13-5-9-15(30-2)10-6-13/h3-11H,28H2,1-2H3. The van der Waals surface area contributed by atoms with Crippen molar-refractivity contribution in [3.05, 3.63) is 59.5 Å². The van der Waals surface area contributed by atoms with E-state index in [0.717, 1.165) is 6.07 Å². The third-order valence-electron chi connectivity index (χ3n) is 4.77. The van der Waals surface area contributed by atoms with Crippen molar-refractivity contribution in [2.45, 2.75) is 17.9 Å². The molecular formula is C21H17F6NO2S. The quantitative estimate of drug-likeness (QED) is 0.449. The lowest BCUT2D eigenvalue weighted by Gasteiger charge is -2.32. The highest BCUT2D eigenvalue weighted by molar-refractivity contribution is 7.16. The van der Waals surface area contributed by atoms with E-state index in [9.17, 15) is 26.3 Å². The Balaban J connectivity index is 2.26. The number of benzene rings is 2. The Morgan fingerprint density at radius 3 is 1.52 bits per heavy atom.